The standard InChI is InChI=1S/C22H23FN6O3S/c1-33(31,32)29-9-7-28(8-10-29)12-13-5-6-15-17(11-13)26-21(25-15)19-20(24)18-14(23)3-2-4-16(18)27-22(19)30/h2-6,11H,7-10,12H2,1H3,(H,25,26)(H3,24,27,30). The second-order valence-corrected chi connectivity index (χ2v) is 10.3. The summed E-state index contributed by atoms with van der Waals surface area (Å²) >= 11 is 0. The Morgan fingerprint density at radius 3 is 2.58 bits per heavy atom. The van der Waals surface area contributed by atoms with Gasteiger partial charge in [0.2, 0.25) is 10.0 Å². The van der Waals surface area contributed by atoms with Crippen LogP contribution in [0, 0.1) is 5.82 Å². The van der Waals surface area contributed by atoms with Crippen LogP contribution in [0.5, 0.6) is 0 Å². The van der Waals surface area contributed by atoms with Gasteiger partial charge >= 0.3 is 0 Å². The van der Waals surface area contributed by atoms with Crippen LogP contribution in [0.3, 0.4) is 0 Å². The summed E-state index contributed by atoms with van der Waals surface area (Å²) in [5, 5.41) is 0.154. The van der Waals surface area contributed by atoms with Gasteiger partial charge in [-0.05, 0) is 29.8 Å². The molecule has 1 fully saturated rings. The highest BCUT2D eigenvalue weighted by atomic mass is 32.2. The van der Waals surface area contributed by atoms with E-state index in [1.165, 1.54) is 22.7 Å². The number of nitrogens with one attached hydrogen (secondary N) is 2. The van der Waals surface area contributed by atoms with Crippen LogP contribution in [0.1, 0.15) is 5.56 Å². The Balaban J connectivity index is 1.44. The number of rotatable bonds is 4. The highest BCUT2D eigenvalue weighted by Crippen LogP contribution is 2.30. The van der Waals surface area contributed by atoms with E-state index in [-0.39, 0.29) is 22.5 Å². The summed E-state index contributed by atoms with van der Waals surface area (Å²) in [6, 6.07) is 10.1. The molecule has 3 heterocycles. The number of benzene rings is 2. The number of sulfonamides is 1. The van der Waals surface area contributed by atoms with Crippen LogP contribution >= 0.6 is 0 Å². The third-order valence-electron chi connectivity index (χ3n) is 6.02. The van der Waals surface area contributed by atoms with Crippen molar-refractivity contribution in [3.63, 3.8) is 0 Å². The number of H-pyrrole nitrogens is 2. The van der Waals surface area contributed by atoms with E-state index in [1.807, 2.05) is 18.2 Å². The Labute approximate surface area is 189 Å². The Morgan fingerprint density at radius 2 is 1.85 bits per heavy atom. The van der Waals surface area contributed by atoms with Crippen molar-refractivity contribution >= 4 is 37.6 Å². The monoisotopic (exact) mass is 470 g/mol. The first-order valence-electron chi connectivity index (χ1n) is 10.5. The Bertz CT molecular complexity index is 1540. The van der Waals surface area contributed by atoms with Crippen molar-refractivity contribution in [3.05, 3.63) is 58.1 Å². The SMILES string of the molecule is CS(=O)(=O)N1CCN(Cc2ccc3nc(-c4c(N)c5c(F)cccc5[nH]c4=O)[nH]c3c2)CC1. The molecule has 2 aromatic heterocycles. The molecule has 5 rings (SSSR count). The predicted octanol–water partition coefficient (Wildman–Crippen LogP) is 1.87. The third kappa shape index (κ3) is 3.99. The maximum atomic E-state index is 14.4. The molecule has 11 heteroatoms. The summed E-state index contributed by atoms with van der Waals surface area (Å²) in [5.74, 6) is -0.246. The number of hydrogen-bond acceptors (Lipinski definition) is 6. The van der Waals surface area contributed by atoms with Crippen LogP contribution in [0.2, 0.25) is 0 Å². The second kappa shape index (κ2) is 7.94. The second-order valence-electron chi connectivity index (χ2n) is 8.28. The van der Waals surface area contributed by atoms with E-state index in [1.54, 1.807) is 6.07 Å². The number of anilines is 1. The zero-order chi connectivity index (χ0) is 23.3. The highest BCUT2D eigenvalue weighted by Gasteiger charge is 2.23. The Hall–Kier alpha value is -3.28. The van der Waals surface area contributed by atoms with Crippen molar-refractivity contribution in [1.82, 2.24) is 24.2 Å². The quantitative estimate of drug-likeness (QED) is 0.418. The number of halogens is 1. The minimum Gasteiger partial charge on any atom is -0.397 e. The molecule has 1 saturated heterocycles. The van der Waals surface area contributed by atoms with Crippen molar-refractivity contribution in [3.8, 4) is 11.4 Å². The van der Waals surface area contributed by atoms with Gasteiger partial charge in [0.1, 0.15) is 17.2 Å². The highest BCUT2D eigenvalue weighted by molar-refractivity contribution is 7.88. The van der Waals surface area contributed by atoms with E-state index in [2.05, 4.69) is 19.9 Å². The molecule has 2 aromatic carbocycles. The van der Waals surface area contributed by atoms with Gasteiger partial charge in [-0.1, -0.05) is 12.1 Å². The Kier molecular flexibility index (Phi) is 5.19. The molecule has 1 aliphatic heterocycles. The Morgan fingerprint density at radius 1 is 1.09 bits per heavy atom. The number of fused-ring (bicyclic) bond motifs is 2. The summed E-state index contributed by atoms with van der Waals surface area (Å²) in [5.41, 5.74) is 8.62. The fourth-order valence-corrected chi connectivity index (χ4v) is 5.15. The molecule has 0 amide bonds. The molecule has 0 atom stereocenters. The molecule has 4 N–H and O–H groups in total. The van der Waals surface area contributed by atoms with E-state index in [9.17, 15) is 17.6 Å². The van der Waals surface area contributed by atoms with Crippen molar-refractivity contribution in [1.29, 1.82) is 0 Å². The van der Waals surface area contributed by atoms with Gasteiger partial charge in [0.25, 0.3) is 5.56 Å². The molecule has 0 spiro atoms. The average molecular weight is 471 g/mol. The minimum atomic E-state index is -3.17. The zero-order valence-electron chi connectivity index (χ0n) is 17.9. The van der Waals surface area contributed by atoms with E-state index in [0.717, 1.165) is 11.1 Å². The fraction of sp³-hybridized carbons (Fsp3) is 0.273. The maximum absolute atomic E-state index is 14.4. The fourth-order valence-electron chi connectivity index (χ4n) is 4.32. The molecule has 0 aliphatic carbocycles. The molecule has 33 heavy (non-hydrogen) atoms. The van der Waals surface area contributed by atoms with Crippen molar-refractivity contribution in [2.45, 2.75) is 6.54 Å². The topological polar surface area (TPSA) is 128 Å². The van der Waals surface area contributed by atoms with E-state index in [4.69, 9.17) is 5.73 Å². The molecule has 0 bridgehead atoms. The molecule has 9 nitrogen and oxygen atoms in total. The molecule has 172 valence electrons. The van der Waals surface area contributed by atoms with Crippen LogP contribution in [-0.2, 0) is 16.6 Å². The van der Waals surface area contributed by atoms with E-state index >= 15 is 0 Å². The number of aromatic nitrogens is 3. The summed E-state index contributed by atoms with van der Waals surface area (Å²) in [7, 11) is -3.17. The largest absolute Gasteiger partial charge is 0.397 e. The number of nitrogens with zero attached hydrogens (tertiary/aromatic N) is 3. The van der Waals surface area contributed by atoms with E-state index < -0.39 is 21.4 Å². The van der Waals surface area contributed by atoms with Gasteiger partial charge in [0, 0.05) is 32.7 Å². The summed E-state index contributed by atoms with van der Waals surface area (Å²) in [6.07, 6.45) is 1.23. The lowest BCUT2D eigenvalue weighted by atomic mass is 10.1. The molecular weight excluding hydrogens is 447 g/mol. The lowest BCUT2D eigenvalue weighted by molar-refractivity contribution is 0.182. The number of imidazole rings is 1. The number of piperazine rings is 1. The summed E-state index contributed by atoms with van der Waals surface area (Å²) < 4.78 is 39.3. The number of nitrogens with two attached hydrogens (primary N) is 1. The van der Waals surface area contributed by atoms with Crippen LogP contribution in [0.4, 0.5) is 10.1 Å². The number of pyridine rings is 1. The summed E-state index contributed by atoms with van der Waals surface area (Å²) in [6.45, 7) is 2.89. The summed E-state index contributed by atoms with van der Waals surface area (Å²) in [4.78, 5) is 25.2. The maximum Gasteiger partial charge on any atom is 0.261 e. The normalized spacial score (nSPS) is 16.1. The molecule has 0 unspecified atom stereocenters. The van der Waals surface area contributed by atoms with Crippen LogP contribution < -0.4 is 11.3 Å². The molecule has 1 aliphatic rings. The molecule has 0 radical (unpaired) electrons. The first kappa shape index (κ1) is 21.6. The van der Waals surface area contributed by atoms with Gasteiger partial charge in [-0.15, -0.1) is 0 Å². The van der Waals surface area contributed by atoms with Crippen molar-refractivity contribution < 1.29 is 12.8 Å². The first-order chi connectivity index (χ1) is 15.7. The number of hydrogen-bond donors (Lipinski definition) is 3. The first-order valence-corrected chi connectivity index (χ1v) is 12.3. The van der Waals surface area contributed by atoms with Gasteiger partial charge < -0.3 is 15.7 Å². The molecule has 4 aromatic rings. The average Bonchev–Trinajstić information content (AvgIpc) is 3.16. The predicted molar refractivity (Wildman–Crippen MR) is 126 cm³/mol. The van der Waals surface area contributed by atoms with Crippen molar-refractivity contribution in [2.75, 3.05) is 38.2 Å². The van der Waals surface area contributed by atoms with Gasteiger partial charge in [0.05, 0.1) is 33.9 Å². The lowest BCUT2D eigenvalue weighted by Gasteiger charge is -2.33. The van der Waals surface area contributed by atoms with Crippen LogP contribution in [0.25, 0.3) is 33.3 Å². The van der Waals surface area contributed by atoms with Crippen molar-refractivity contribution in [2.24, 2.45) is 0 Å². The van der Waals surface area contributed by atoms with Gasteiger partial charge in [-0.3, -0.25) is 9.69 Å². The molecule has 0 saturated carbocycles. The lowest BCUT2D eigenvalue weighted by Crippen LogP contribution is -2.47. The van der Waals surface area contributed by atoms with Gasteiger partial charge in [0.15, 0.2) is 0 Å². The smallest absolute Gasteiger partial charge is 0.261 e. The van der Waals surface area contributed by atoms with Crippen LogP contribution in [-0.4, -0.2) is 65.0 Å². The van der Waals surface area contributed by atoms with Gasteiger partial charge in [-0.2, -0.15) is 4.31 Å². The van der Waals surface area contributed by atoms with E-state index in [0.29, 0.717) is 43.8 Å². The third-order valence-corrected chi connectivity index (χ3v) is 7.32. The van der Waals surface area contributed by atoms with Crippen LogP contribution in [0.15, 0.2) is 41.2 Å². The zero-order valence-corrected chi connectivity index (χ0v) is 18.7. The number of nitrogen functional groups attached to an aromatic ring is 1. The van der Waals surface area contributed by atoms with Gasteiger partial charge in [-0.25, -0.2) is 17.8 Å². The number of aromatic amines is 2. The minimum absolute atomic E-state index is 0.0369. The molecular formula is C22H23FN6O3S.